The lowest BCUT2D eigenvalue weighted by atomic mass is 10.3. The van der Waals surface area contributed by atoms with Crippen LogP contribution in [0.25, 0.3) is 21.7 Å². The number of aromatic amines is 1. The van der Waals surface area contributed by atoms with Gasteiger partial charge in [-0.15, -0.1) is 16.4 Å². The number of fused-ring (bicyclic) bond motifs is 1. The minimum absolute atomic E-state index is 0.148. The van der Waals surface area contributed by atoms with Crippen LogP contribution in [0.15, 0.2) is 52.8 Å². The first-order valence-corrected chi connectivity index (χ1v) is 8.29. The average molecular weight is 352 g/mol. The van der Waals surface area contributed by atoms with Crippen LogP contribution in [0, 0.1) is 0 Å². The van der Waals surface area contributed by atoms with E-state index in [2.05, 4.69) is 25.5 Å². The second kappa shape index (κ2) is 6.29. The van der Waals surface area contributed by atoms with Gasteiger partial charge in [0.1, 0.15) is 6.54 Å². The van der Waals surface area contributed by atoms with Gasteiger partial charge in [-0.2, -0.15) is 4.98 Å². The number of benzene rings is 1. The van der Waals surface area contributed by atoms with Crippen molar-refractivity contribution in [2.24, 2.45) is 0 Å². The fourth-order valence-corrected chi connectivity index (χ4v) is 3.09. The fourth-order valence-electron chi connectivity index (χ4n) is 2.43. The van der Waals surface area contributed by atoms with Crippen LogP contribution < -0.4 is 10.9 Å². The van der Waals surface area contributed by atoms with Gasteiger partial charge in [0, 0.05) is 0 Å². The summed E-state index contributed by atoms with van der Waals surface area (Å²) in [7, 11) is 0. The van der Waals surface area contributed by atoms with Crippen molar-refractivity contribution in [1.82, 2.24) is 24.7 Å². The number of thiophene rings is 1. The molecule has 1 amide bonds. The monoisotopic (exact) mass is 352 g/mol. The van der Waals surface area contributed by atoms with Crippen molar-refractivity contribution in [2.45, 2.75) is 6.54 Å². The van der Waals surface area contributed by atoms with E-state index in [-0.39, 0.29) is 18.1 Å². The molecule has 0 bridgehead atoms. The summed E-state index contributed by atoms with van der Waals surface area (Å²) in [5.41, 5.74) is 0.898. The number of rotatable bonds is 4. The van der Waals surface area contributed by atoms with Crippen LogP contribution in [0.5, 0.6) is 0 Å². The summed E-state index contributed by atoms with van der Waals surface area (Å²) in [5, 5.41) is 11.3. The highest BCUT2D eigenvalue weighted by Gasteiger charge is 2.12. The molecule has 1 aromatic carbocycles. The van der Waals surface area contributed by atoms with E-state index in [1.165, 1.54) is 22.1 Å². The molecule has 8 nitrogen and oxygen atoms in total. The van der Waals surface area contributed by atoms with Crippen LogP contribution in [-0.4, -0.2) is 30.6 Å². The zero-order valence-electron chi connectivity index (χ0n) is 12.8. The third-order valence-electron chi connectivity index (χ3n) is 3.55. The number of para-hydroxylation sites is 2. The highest BCUT2D eigenvalue weighted by molar-refractivity contribution is 7.13. The molecule has 0 aliphatic heterocycles. The summed E-state index contributed by atoms with van der Waals surface area (Å²) >= 11 is 1.52. The minimum atomic E-state index is -0.393. The van der Waals surface area contributed by atoms with Gasteiger partial charge in [0.05, 0.1) is 22.1 Å². The SMILES string of the molecule is O=C(Cn1c(=O)cnc2ccccc21)Nc1n[nH]c(-c2cccs2)n1. The Morgan fingerprint density at radius 3 is 2.96 bits per heavy atom. The van der Waals surface area contributed by atoms with Gasteiger partial charge < -0.3 is 0 Å². The second-order valence-electron chi connectivity index (χ2n) is 5.20. The van der Waals surface area contributed by atoms with E-state index in [1.54, 1.807) is 18.2 Å². The van der Waals surface area contributed by atoms with Crippen molar-refractivity contribution < 1.29 is 4.79 Å². The maximum Gasteiger partial charge on any atom is 0.269 e. The lowest BCUT2D eigenvalue weighted by Crippen LogP contribution is -2.28. The molecule has 0 radical (unpaired) electrons. The first-order chi connectivity index (χ1) is 12.2. The first kappa shape index (κ1) is 15.2. The molecule has 0 unspecified atom stereocenters. The Balaban J connectivity index is 1.55. The number of aromatic nitrogens is 5. The number of carbonyl (C=O) groups excluding carboxylic acids is 1. The summed E-state index contributed by atoms with van der Waals surface area (Å²) in [4.78, 5) is 33.6. The zero-order valence-corrected chi connectivity index (χ0v) is 13.7. The lowest BCUT2D eigenvalue weighted by molar-refractivity contribution is -0.116. The Morgan fingerprint density at radius 2 is 2.12 bits per heavy atom. The van der Waals surface area contributed by atoms with Crippen molar-refractivity contribution >= 4 is 34.2 Å². The predicted molar refractivity (Wildman–Crippen MR) is 94.3 cm³/mol. The minimum Gasteiger partial charge on any atom is -0.296 e. The van der Waals surface area contributed by atoms with E-state index >= 15 is 0 Å². The number of nitrogens with zero attached hydrogens (tertiary/aromatic N) is 4. The Kier molecular flexibility index (Phi) is 3.82. The van der Waals surface area contributed by atoms with E-state index in [0.717, 1.165) is 4.88 Å². The van der Waals surface area contributed by atoms with Crippen molar-refractivity contribution in [1.29, 1.82) is 0 Å². The smallest absolute Gasteiger partial charge is 0.269 e. The van der Waals surface area contributed by atoms with E-state index in [0.29, 0.717) is 16.9 Å². The molecule has 25 heavy (non-hydrogen) atoms. The zero-order chi connectivity index (χ0) is 17.2. The number of hydrogen-bond acceptors (Lipinski definition) is 6. The molecule has 9 heteroatoms. The van der Waals surface area contributed by atoms with E-state index in [9.17, 15) is 9.59 Å². The number of hydrogen-bond donors (Lipinski definition) is 2. The van der Waals surface area contributed by atoms with Crippen LogP contribution in [-0.2, 0) is 11.3 Å². The van der Waals surface area contributed by atoms with Crippen LogP contribution in [0.3, 0.4) is 0 Å². The molecule has 3 aromatic heterocycles. The van der Waals surface area contributed by atoms with Gasteiger partial charge in [-0.3, -0.25) is 24.6 Å². The van der Waals surface area contributed by atoms with E-state index in [1.807, 2.05) is 23.6 Å². The summed E-state index contributed by atoms with van der Waals surface area (Å²) in [6.45, 7) is -0.148. The highest BCUT2D eigenvalue weighted by atomic mass is 32.1. The summed E-state index contributed by atoms with van der Waals surface area (Å²) in [6, 6.07) is 11.0. The standard InChI is InChI=1S/C16H12N6O2S/c23-13(18-16-19-15(20-21-16)12-6-3-7-25-12)9-22-11-5-2-1-4-10(11)17-8-14(22)24/h1-8H,9H2,(H2,18,19,20,21,23). The number of anilines is 1. The second-order valence-corrected chi connectivity index (χ2v) is 6.15. The van der Waals surface area contributed by atoms with Crippen molar-refractivity contribution in [3.63, 3.8) is 0 Å². The molecule has 4 rings (SSSR count). The topological polar surface area (TPSA) is 106 Å². The Morgan fingerprint density at radius 1 is 1.24 bits per heavy atom. The Hall–Kier alpha value is -3.33. The Bertz CT molecular complexity index is 1100. The van der Waals surface area contributed by atoms with Crippen LogP contribution in [0.4, 0.5) is 5.95 Å². The molecular formula is C16H12N6O2S. The van der Waals surface area contributed by atoms with E-state index in [4.69, 9.17) is 0 Å². The molecular weight excluding hydrogens is 340 g/mol. The summed E-state index contributed by atoms with van der Waals surface area (Å²) in [6.07, 6.45) is 1.21. The molecule has 0 saturated heterocycles. The Labute approximate surface area is 145 Å². The molecule has 0 fully saturated rings. The molecule has 124 valence electrons. The molecule has 0 aliphatic rings. The predicted octanol–water partition coefficient (Wildman–Crippen LogP) is 1.88. The summed E-state index contributed by atoms with van der Waals surface area (Å²) < 4.78 is 1.37. The highest BCUT2D eigenvalue weighted by Crippen LogP contribution is 2.21. The lowest BCUT2D eigenvalue weighted by Gasteiger charge is -2.08. The van der Waals surface area contributed by atoms with Gasteiger partial charge in [-0.1, -0.05) is 18.2 Å². The number of nitrogens with one attached hydrogen (secondary N) is 2. The van der Waals surface area contributed by atoms with E-state index < -0.39 is 5.91 Å². The molecule has 4 aromatic rings. The van der Waals surface area contributed by atoms with Gasteiger partial charge in [0.25, 0.3) is 5.56 Å². The molecule has 2 N–H and O–H groups in total. The number of H-pyrrole nitrogens is 1. The van der Waals surface area contributed by atoms with Crippen molar-refractivity contribution in [3.8, 4) is 10.7 Å². The first-order valence-electron chi connectivity index (χ1n) is 7.41. The molecule has 3 heterocycles. The quantitative estimate of drug-likeness (QED) is 0.583. The van der Waals surface area contributed by atoms with Gasteiger partial charge in [0.2, 0.25) is 11.9 Å². The average Bonchev–Trinajstić information content (AvgIpc) is 3.29. The summed E-state index contributed by atoms with van der Waals surface area (Å²) in [5.74, 6) is 0.354. The number of amides is 1. The van der Waals surface area contributed by atoms with Gasteiger partial charge >= 0.3 is 0 Å². The maximum absolute atomic E-state index is 12.3. The molecule has 0 saturated carbocycles. The fraction of sp³-hybridized carbons (Fsp3) is 0.0625. The third-order valence-corrected chi connectivity index (χ3v) is 4.42. The normalized spacial score (nSPS) is 10.9. The van der Waals surface area contributed by atoms with Gasteiger partial charge in [-0.25, -0.2) is 4.98 Å². The molecule has 0 aliphatic carbocycles. The van der Waals surface area contributed by atoms with Crippen molar-refractivity contribution in [3.05, 3.63) is 58.3 Å². The third kappa shape index (κ3) is 3.04. The molecule has 0 spiro atoms. The van der Waals surface area contributed by atoms with Crippen LogP contribution in [0.1, 0.15) is 0 Å². The van der Waals surface area contributed by atoms with Gasteiger partial charge in [-0.05, 0) is 23.6 Å². The van der Waals surface area contributed by atoms with Gasteiger partial charge in [0.15, 0.2) is 5.82 Å². The van der Waals surface area contributed by atoms with Crippen molar-refractivity contribution in [2.75, 3.05) is 5.32 Å². The maximum atomic E-state index is 12.3. The molecule has 0 atom stereocenters. The van der Waals surface area contributed by atoms with Crippen LogP contribution >= 0.6 is 11.3 Å². The van der Waals surface area contributed by atoms with Crippen LogP contribution in [0.2, 0.25) is 0 Å². The largest absolute Gasteiger partial charge is 0.296 e. The number of carbonyl (C=O) groups is 1.